The molecule has 2 heterocycles. The van der Waals surface area contributed by atoms with Gasteiger partial charge in [-0.2, -0.15) is 0 Å². The van der Waals surface area contributed by atoms with Crippen molar-refractivity contribution in [2.24, 2.45) is 0 Å². The van der Waals surface area contributed by atoms with Crippen molar-refractivity contribution in [1.29, 1.82) is 0 Å². The number of non-ortho nitro benzene ring substituents is 1. The number of aromatic nitrogens is 3. The Morgan fingerprint density at radius 2 is 1.92 bits per heavy atom. The maximum atomic E-state index is 10.7. The van der Waals surface area contributed by atoms with Crippen molar-refractivity contribution >= 4 is 17.4 Å². The summed E-state index contributed by atoms with van der Waals surface area (Å²) in [6.45, 7) is 0.695. The monoisotopic (exact) mass is 340 g/mol. The zero-order chi connectivity index (χ0) is 16.8. The van der Waals surface area contributed by atoms with Crippen LogP contribution >= 0.6 is 11.8 Å². The minimum Gasteiger partial charge on any atom is -0.320 e. The van der Waals surface area contributed by atoms with E-state index in [2.05, 4.69) is 14.5 Å². The predicted molar refractivity (Wildman–Crippen MR) is 93.1 cm³/mol. The molecule has 0 aliphatic heterocycles. The normalized spacial score (nSPS) is 10.7. The fourth-order valence-corrected chi connectivity index (χ4v) is 3.21. The first-order chi connectivity index (χ1) is 11.7. The van der Waals surface area contributed by atoms with E-state index in [0.29, 0.717) is 6.54 Å². The first-order valence-electron chi connectivity index (χ1n) is 7.49. The van der Waals surface area contributed by atoms with Gasteiger partial charge in [-0.25, -0.2) is 4.98 Å². The first-order valence-corrected chi connectivity index (χ1v) is 8.48. The van der Waals surface area contributed by atoms with E-state index in [9.17, 15) is 10.1 Å². The Morgan fingerprint density at radius 3 is 2.62 bits per heavy atom. The molecule has 0 saturated heterocycles. The van der Waals surface area contributed by atoms with Crippen LogP contribution in [0.4, 0.5) is 5.69 Å². The number of nitrogens with zero attached hydrogens (tertiary/aromatic N) is 4. The van der Waals surface area contributed by atoms with Gasteiger partial charge < -0.3 is 4.57 Å². The number of pyridine rings is 1. The van der Waals surface area contributed by atoms with E-state index in [-0.39, 0.29) is 10.6 Å². The smallest absolute Gasteiger partial charge is 0.269 e. The van der Waals surface area contributed by atoms with Crippen LogP contribution in [0.15, 0.2) is 66.2 Å². The quantitative estimate of drug-likeness (QED) is 0.373. The van der Waals surface area contributed by atoms with Crippen LogP contribution in [0.2, 0.25) is 0 Å². The van der Waals surface area contributed by atoms with Crippen LogP contribution in [0.3, 0.4) is 0 Å². The highest BCUT2D eigenvalue weighted by Crippen LogP contribution is 2.19. The van der Waals surface area contributed by atoms with Crippen LogP contribution in [0.5, 0.6) is 0 Å². The molecule has 3 aromatic rings. The largest absolute Gasteiger partial charge is 0.320 e. The third-order valence-electron chi connectivity index (χ3n) is 3.50. The third-order valence-corrected chi connectivity index (χ3v) is 4.51. The summed E-state index contributed by atoms with van der Waals surface area (Å²) < 4.78 is 2.07. The highest BCUT2D eigenvalue weighted by atomic mass is 32.2. The summed E-state index contributed by atoms with van der Waals surface area (Å²) in [4.78, 5) is 19.0. The second-order valence-corrected chi connectivity index (χ2v) is 6.24. The Morgan fingerprint density at radius 1 is 1.08 bits per heavy atom. The molecule has 0 N–H and O–H groups in total. The standard InChI is InChI=1S/C17H16N4O2S/c22-21(23)16-6-4-14(5-7-16)8-12-24-17-19-10-11-20(17)13-15-3-1-2-9-18-15/h1-7,9-11H,8,12-13H2. The van der Waals surface area contributed by atoms with E-state index in [4.69, 9.17) is 0 Å². The Kier molecular flexibility index (Phi) is 5.22. The molecule has 0 amide bonds. The Bertz CT molecular complexity index is 803. The Hall–Kier alpha value is -2.67. The molecule has 0 aliphatic carbocycles. The fourth-order valence-electron chi connectivity index (χ4n) is 2.27. The van der Waals surface area contributed by atoms with Gasteiger partial charge in [-0.15, -0.1) is 0 Å². The lowest BCUT2D eigenvalue weighted by atomic mass is 10.1. The molecule has 0 aliphatic rings. The highest BCUT2D eigenvalue weighted by Gasteiger charge is 2.07. The van der Waals surface area contributed by atoms with Gasteiger partial charge in [0.15, 0.2) is 5.16 Å². The van der Waals surface area contributed by atoms with Crippen LogP contribution in [-0.2, 0) is 13.0 Å². The highest BCUT2D eigenvalue weighted by molar-refractivity contribution is 7.99. The number of hydrogen-bond acceptors (Lipinski definition) is 5. The van der Waals surface area contributed by atoms with Crippen LogP contribution in [0.25, 0.3) is 0 Å². The molecule has 7 heteroatoms. The van der Waals surface area contributed by atoms with E-state index in [1.54, 1.807) is 48.4 Å². The number of nitro benzene ring substituents is 1. The molecule has 0 fully saturated rings. The first kappa shape index (κ1) is 16.2. The predicted octanol–water partition coefficient (Wildman–Crippen LogP) is 3.57. The van der Waals surface area contributed by atoms with Gasteiger partial charge in [-0.05, 0) is 24.1 Å². The van der Waals surface area contributed by atoms with Gasteiger partial charge in [0, 0.05) is 36.5 Å². The van der Waals surface area contributed by atoms with Crippen molar-refractivity contribution in [3.63, 3.8) is 0 Å². The fraction of sp³-hybridized carbons (Fsp3) is 0.176. The summed E-state index contributed by atoms with van der Waals surface area (Å²) in [5.41, 5.74) is 2.20. The van der Waals surface area contributed by atoms with Gasteiger partial charge in [0.2, 0.25) is 0 Å². The van der Waals surface area contributed by atoms with Gasteiger partial charge in [0.25, 0.3) is 5.69 Å². The number of nitro groups is 1. The summed E-state index contributed by atoms with van der Waals surface area (Å²) >= 11 is 1.67. The van der Waals surface area contributed by atoms with Crippen LogP contribution in [-0.4, -0.2) is 25.2 Å². The van der Waals surface area contributed by atoms with E-state index < -0.39 is 0 Å². The summed E-state index contributed by atoms with van der Waals surface area (Å²) in [5, 5.41) is 11.6. The molecule has 0 spiro atoms. The SMILES string of the molecule is O=[N+]([O-])c1ccc(CCSc2nccn2Cc2ccccn2)cc1. The average Bonchev–Trinajstić information content (AvgIpc) is 3.03. The van der Waals surface area contributed by atoms with Crippen LogP contribution < -0.4 is 0 Å². The second-order valence-electron chi connectivity index (χ2n) is 5.18. The van der Waals surface area contributed by atoms with Crippen LogP contribution in [0, 0.1) is 10.1 Å². The van der Waals surface area contributed by atoms with Crippen molar-refractivity contribution in [1.82, 2.24) is 14.5 Å². The number of rotatable bonds is 7. The van der Waals surface area contributed by atoms with Gasteiger partial charge in [0.1, 0.15) is 0 Å². The zero-order valence-corrected chi connectivity index (χ0v) is 13.7. The molecule has 1 aromatic carbocycles. The number of thioether (sulfide) groups is 1. The van der Waals surface area contributed by atoms with Crippen molar-refractivity contribution in [3.05, 3.63) is 82.4 Å². The Balaban J connectivity index is 1.56. The van der Waals surface area contributed by atoms with Crippen molar-refractivity contribution < 1.29 is 4.92 Å². The molecule has 2 aromatic heterocycles. The molecule has 0 radical (unpaired) electrons. The molecule has 0 atom stereocenters. The van der Waals surface area contributed by atoms with Crippen LogP contribution in [0.1, 0.15) is 11.3 Å². The zero-order valence-electron chi connectivity index (χ0n) is 12.9. The third kappa shape index (κ3) is 4.20. The lowest BCUT2D eigenvalue weighted by Gasteiger charge is -2.07. The summed E-state index contributed by atoms with van der Waals surface area (Å²) in [5.74, 6) is 0.858. The minimum atomic E-state index is -0.382. The molecule has 0 saturated carbocycles. The second kappa shape index (κ2) is 7.74. The number of imidazole rings is 1. The van der Waals surface area contributed by atoms with Gasteiger partial charge in [0.05, 0.1) is 17.2 Å². The van der Waals surface area contributed by atoms with Gasteiger partial charge in [-0.3, -0.25) is 15.1 Å². The molecule has 6 nitrogen and oxygen atoms in total. The topological polar surface area (TPSA) is 73.8 Å². The lowest BCUT2D eigenvalue weighted by Crippen LogP contribution is -2.02. The van der Waals surface area contributed by atoms with E-state index >= 15 is 0 Å². The molecule has 122 valence electrons. The van der Waals surface area contributed by atoms with Gasteiger partial charge in [-0.1, -0.05) is 30.0 Å². The lowest BCUT2D eigenvalue weighted by molar-refractivity contribution is -0.384. The average molecular weight is 340 g/mol. The molecular weight excluding hydrogens is 324 g/mol. The maximum Gasteiger partial charge on any atom is 0.269 e. The van der Waals surface area contributed by atoms with Crippen molar-refractivity contribution in [2.75, 3.05) is 5.75 Å². The number of benzene rings is 1. The van der Waals surface area contributed by atoms with Crippen molar-refractivity contribution in [3.8, 4) is 0 Å². The number of hydrogen-bond donors (Lipinski definition) is 0. The molecule has 0 bridgehead atoms. The van der Waals surface area contributed by atoms with Gasteiger partial charge >= 0.3 is 0 Å². The summed E-state index contributed by atoms with van der Waals surface area (Å²) in [7, 11) is 0. The molecule has 3 rings (SSSR count). The molecule has 0 unspecified atom stereocenters. The summed E-state index contributed by atoms with van der Waals surface area (Å²) in [6, 6.07) is 12.6. The molecular formula is C17H16N4O2S. The molecule has 24 heavy (non-hydrogen) atoms. The van der Waals surface area contributed by atoms with E-state index in [0.717, 1.165) is 28.6 Å². The van der Waals surface area contributed by atoms with Crippen molar-refractivity contribution in [2.45, 2.75) is 18.1 Å². The summed E-state index contributed by atoms with van der Waals surface area (Å²) in [6.07, 6.45) is 6.35. The minimum absolute atomic E-state index is 0.123. The van der Waals surface area contributed by atoms with E-state index in [1.165, 1.54) is 0 Å². The maximum absolute atomic E-state index is 10.7. The van der Waals surface area contributed by atoms with E-state index in [1.807, 2.05) is 24.4 Å². The Labute approximate surface area is 143 Å². The number of aryl methyl sites for hydroxylation is 1.